The number of anilines is 1. The molecule has 0 spiro atoms. The van der Waals surface area contributed by atoms with Crippen molar-refractivity contribution in [2.75, 3.05) is 24.5 Å². The van der Waals surface area contributed by atoms with E-state index in [1.807, 2.05) is 29.2 Å². The maximum absolute atomic E-state index is 12.9. The van der Waals surface area contributed by atoms with Gasteiger partial charge in [0, 0.05) is 31.2 Å². The van der Waals surface area contributed by atoms with Crippen LogP contribution in [0.4, 0.5) is 5.69 Å². The molecule has 2 heterocycles. The van der Waals surface area contributed by atoms with E-state index in [-0.39, 0.29) is 23.8 Å². The molecule has 5 nitrogen and oxygen atoms in total. The molecule has 2 N–H and O–H groups in total. The van der Waals surface area contributed by atoms with Crippen LogP contribution in [0.1, 0.15) is 32.3 Å². The van der Waals surface area contributed by atoms with Crippen molar-refractivity contribution in [3.63, 3.8) is 0 Å². The number of carbonyl (C=O) groups is 2. The second-order valence-corrected chi connectivity index (χ2v) is 7.06. The quantitative estimate of drug-likeness (QED) is 0.916. The maximum Gasteiger partial charge on any atom is 0.228 e. The van der Waals surface area contributed by atoms with Gasteiger partial charge < -0.3 is 15.5 Å². The lowest BCUT2D eigenvalue weighted by Gasteiger charge is -2.25. The minimum Gasteiger partial charge on any atom is -0.339 e. The normalized spacial score (nSPS) is 27.1. The average Bonchev–Trinajstić information content (AvgIpc) is 3.17. The third-order valence-electron chi connectivity index (χ3n) is 5.42. The number of rotatable bonds is 4. The van der Waals surface area contributed by atoms with Gasteiger partial charge in [0.15, 0.2) is 0 Å². The molecule has 2 saturated heterocycles. The van der Waals surface area contributed by atoms with E-state index >= 15 is 0 Å². The van der Waals surface area contributed by atoms with Gasteiger partial charge in [-0.3, -0.25) is 9.59 Å². The first kappa shape index (κ1) is 17.0. The number of likely N-dealkylation sites (tertiary alicyclic amines) is 1. The van der Waals surface area contributed by atoms with E-state index in [1.54, 1.807) is 4.90 Å². The van der Waals surface area contributed by atoms with Crippen molar-refractivity contribution in [2.45, 2.75) is 39.2 Å². The summed E-state index contributed by atoms with van der Waals surface area (Å²) < 4.78 is 0. The summed E-state index contributed by atoms with van der Waals surface area (Å²) in [6.45, 7) is 6.00. The summed E-state index contributed by atoms with van der Waals surface area (Å²) >= 11 is 0. The summed E-state index contributed by atoms with van der Waals surface area (Å²) in [5.41, 5.74) is 7.87. The summed E-state index contributed by atoms with van der Waals surface area (Å²) in [6.07, 6.45) is 2.15. The monoisotopic (exact) mass is 329 g/mol. The van der Waals surface area contributed by atoms with E-state index in [1.165, 1.54) is 0 Å². The van der Waals surface area contributed by atoms with Crippen LogP contribution in [0.2, 0.25) is 0 Å². The number of aryl methyl sites for hydroxylation is 1. The molecule has 3 rings (SSSR count). The maximum atomic E-state index is 12.9. The molecule has 0 aromatic heterocycles. The van der Waals surface area contributed by atoms with Crippen molar-refractivity contribution in [2.24, 2.45) is 17.6 Å². The standard InChI is InChI=1S/C19H27N3O2/c1-3-15-6-4-5-7-17(15)22-12-16(9-18(22)23)19(24)21-11-14(10-20)8-13(21)2/h4-7,13-14,16H,3,8-12,20H2,1-2H3. The van der Waals surface area contributed by atoms with Crippen LogP contribution in [-0.2, 0) is 16.0 Å². The van der Waals surface area contributed by atoms with Crippen molar-refractivity contribution < 1.29 is 9.59 Å². The van der Waals surface area contributed by atoms with Crippen LogP contribution in [0.25, 0.3) is 0 Å². The number of benzene rings is 1. The van der Waals surface area contributed by atoms with E-state index in [4.69, 9.17) is 5.73 Å². The third kappa shape index (κ3) is 3.05. The molecule has 0 aliphatic carbocycles. The van der Waals surface area contributed by atoms with E-state index < -0.39 is 0 Å². The molecule has 2 fully saturated rings. The molecule has 1 aromatic rings. The first-order chi connectivity index (χ1) is 11.5. The second-order valence-electron chi connectivity index (χ2n) is 7.06. The Morgan fingerprint density at radius 2 is 2.04 bits per heavy atom. The van der Waals surface area contributed by atoms with E-state index in [9.17, 15) is 9.59 Å². The molecule has 2 aliphatic rings. The number of para-hydroxylation sites is 1. The summed E-state index contributed by atoms with van der Waals surface area (Å²) in [5.74, 6) is 0.319. The highest BCUT2D eigenvalue weighted by molar-refractivity contribution is 6.00. The number of hydrogen-bond donors (Lipinski definition) is 1. The number of nitrogens with zero attached hydrogens (tertiary/aromatic N) is 2. The Hall–Kier alpha value is -1.88. The van der Waals surface area contributed by atoms with Crippen LogP contribution >= 0.6 is 0 Å². The van der Waals surface area contributed by atoms with Gasteiger partial charge in [0.1, 0.15) is 0 Å². The number of hydrogen-bond acceptors (Lipinski definition) is 3. The van der Waals surface area contributed by atoms with E-state index in [0.717, 1.165) is 30.6 Å². The van der Waals surface area contributed by atoms with Gasteiger partial charge in [-0.15, -0.1) is 0 Å². The lowest BCUT2D eigenvalue weighted by molar-refractivity contribution is -0.136. The molecule has 2 aliphatic heterocycles. The SMILES string of the molecule is CCc1ccccc1N1CC(C(=O)N2CC(CN)CC2C)CC1=O. The van der Waals surface area contributed by atoms with E-state index in [0.29, 0.717) is 25.4 Å². The third-order valence-corrected chi connectivity index (χ3v) is 5.42. The molecule has 3 atom stereocenters. The zero-order valence-corrected chi connectivity index (χ0v) is 14.6. The first-order valence-corrected chi connectivity index (χ1v) is 8.94. The molecular weight excluding hydrogens is 302 g/mol. The Kier molecular flexibility index (Phi) is 4.90. The molecule has 0 saturated carbocycles. The highest BCUT2D eigenvalue weighted by atomic mass is 16.2. The summed E-state index contributed by atoms with van der Waals surface area (Å²) in [6, 6.07) is 8.19. The van der Waals surface area contributed by atoms with Crippen LogP contribution < -0.4 is 10.6 Å². The Labute approximate surface area is 143 Å². The lowest BCUT2D eigenvalue weighted by atomic mass is 10.1. The van der Waals surface area contributed by atoms with E-state index in [2.05, 4.69) is 13.8 Å². The van der Waals surface area contributed by atoms with Gasteiger partial charge in [0.2, 0.25) is 11.8 Å². The lowest BCUT2D eigenvalue weighted by Crippen LogP contribution is -2.40. The summed E-state index contributed by atoms with van der Waals surface area (Å²) in [7, 11) is 0. The minimum atomic E-state index is -0.235. The zero-order chi connectivity index (χ0) is 17.3. The Balaban J connectivity index is 1.74. The van der Waals surface area contributed by atoms with Gasteiger partial charge >= 0.3 is 0 Å². The van der Waals surface area contributed by atoms with Crippen LogP contribution in [0.15, 0.2) is 24.3 Å². The molecule has 3 unspecified atom stereocenters. The topological polar surface area (TPSA) is 66.6 Å². The highest BCUT2D eigenvalue weighted by Crippen LogP contribution is 2.31. The molecule has 1 aromatic carbocycles. The fourth-order valence-electron chi connectivity index (χ4n) is 4.03. The summed E-state index contributed by atoms with van der Waals surface area (Å²) in [4.78, 5) is 29.1. The molecule has 0 radical (unpaired) electrons. The van der Waals surface area contributed by atoms with Crippen LogP contribution in [0.5, 0.6) is 0 Å². The molecular formula is C19H27N3O2. The number of amides is 2. The smallest absolute Gasteiger partial charge is 0.228 e. The van der Waals surface area contributed by atoms with Crippen molar-refractivity contribution in [3.05, 3.63) is 29.8 Å². The highest BCUT2D eigenvalue weighted by Gasteiger charge is 2.41. The number of carbonyl (C=O) groups excluding carboxylic acids is 2. The van der Waals surface area contributed by atoms with Gasteiger partial charge in [0.05, 0.1) is 5.92 Å². The Morgan fingerprint density at radius 1 is 1.29 bits per heavy atom. The van der Waals surface area contributed by atoms with Crippen LogP contribution in [0, 0.1) is 11.8 Å². The van der Waals surface area contributed by atoms with Gasteiger partial charge in [-0.05, 0) is 43.9 Å². The van der Waals surface area contributed by atoms with Crippen molar-refractivity contribution in [1.82, 2.24) is 4.90 Å². The largest absolute Gasteiger partial charge is 0.339 e. The van der Waals surface area contributed by atoms with Gasteiger partial charge in [0.25, 0.3) is 0 Å². The second kappa shape index (κ2) is 6.93. The fourth-order valence-corrected chi connectivity index (χ4v) is 4.03. The fraction of sp³-hybridized carbons (Fsp3) is 0.579. The first-order valence-electron chi connectivity index (χ1n) is 8.94. The predicted octanol–water partition coefficient (Wildman–Crippen LogP) is 1.80. The van der Waals surface area contributed by atoms with Gasteiger partial charge in [-0.2, -0.15) is 0 Å². The zero-order valence-electron chi connectivity index (χ0n) is 14.6. The molecule has 2 amide bonds. The molecule has 130 valence electrons. The van der Waals surface area contributed by atoms with Crippen LogP contribution in [0.3, 0.4) is 0 Å². The number of nitrogens with two attached hydrogens (primary N) is 1. The predicted molar refractivity (Wildman–Crippen MR) is 94.6 cm³/mol. The average molecular weight is 329 g/mol. The summed E-state index contributed by atoms with van der Waals surface area (Å²) in [5, 5.41) is 0. The van der Waals surface area contributed by atoms with Crippen LogP contribution in [-0.4, -0.2) is 42.4 Å². The van der Waals surface area contributed by atoms with Crippen molar-refractivity contribution in [3.8, 4) is 0 Å². The van der Waals surface area contributed by atoms with Crippen molar-refractivity contribution in [1.29, 1.82) is 0 Å². The van der Waals surface area contributed by atoms with Gasteiger partial charge in [-0.1, -0.05) is 25.1 Å². The molecule has 24 heavy (non-hydrogen) atoms. The molecule has 5 heteroatoms. The molecule has 0 bridgehead atoms. The van der Waals surface area contributed by atoms with Crippen molar-refractivity contribution >= 4 is 17.5 Å². The minimum absolute atomic E-state index is 0.0523. The Bertz CT molecular complexity index is 631. The Morgan fingerprint density at radius 3 is 2.71 bits per heavy atom. The van der Waals surface area contributed by atoms with Gasteiger partial charge in [-0.25, -0.2) is 0 Å².